The van der Waals surface area contributed by atoms with Gasteiger partial charge in [0.05, 0.1) is 0 Å². The minimum Gasteiger partial charge on any atom is -0.171 e. The van der Waals surface area contributed by atoms with E-state index in [1.165, 1.54) is 56.1 Å². The Bertz CT molecular complexity index is 733. The lowest BCUT2D eigenvalue weighted by molar-refractivity contribution is -0.133. The fraction of sp³-hybridized carbons (Fsp3) is 0.556. The molecular formula is C27H35F3. The molecule has 1 aromatic rings. The van der Waals surface area contributed by atoms with Crippen LogP contribution in [0.5, 0.6) is 0 Å². The molecule has 0 nitrogen and oxygen atoms in total. The van der Waals surface area contributed by atoms with E-state index in [1.807, 2.05) is 18.2 Å². The number of hydrogen-bond donors (Lipinski definition) is 0. The van der Waals surface area contributed by atoms with Crippen LogP contribution in [0.2, 0.25) is 0 Å². The summed E-state index contributed by atoms with van der Waals surface area (Å²) >= 11 is 0. The summed E-state index contributed by atoms with van der Waals surface area (Å²) in [5.74, 6) is 1.35. The number of alkyl halides is 3. The molecule has 1 saturated carbocycles. The van der Waals surface area contributed by atoms with Crippen LogP contribution in [0.25, 0.3) is 5.57 Å². The highest BCUT2D eigenvalue weighted by Crippen LogP contribution is 2.48. The molecule has 3 heteroatoms. The minimum atomic E-state index is -4.09. The summed E-state index contributed by atoms with van der Waals surface area (Å²) in [5, 5.41) is 0. The standard InChI is InChI=1S/C27H35F3/c1-2-3-9-22-12-14-25(15-13-22)26(18-7-8-19-27(28,29)30)20-16-24(17-21-26)23-10-5-4-6-11-23/h4-7,10-11,16-18,20,22,25H,2-3,8-9,12-15,19,21H2,1H3/b18-7+. The number of rotatable bonds is 8. The van der Waals surface area contributed by atoms with E-state index in [9.17, 15) is 13.2 Å². The van der Waals surface area contributed by atoms with Crippen molar-refractivity contribution in [3.05, 3.63) is 66.3 Å². The van der Waals surface area contributed by atoms with Crippen LogP contribution in [0.1, 0.15) is 76.7 Å². The van der Waals surface area contributed by atoms with Crippen LogP contribution >= 0.6 is 0 Å². The Labute approximate surface area is 180 Å². The highest BCUT2D eigenvalue weighted by molar-refractivity contribution is 5.75. The second-order valence-electron chi connectivity index (χ2n) is 9.09. The van der Waals surface area contributed by atoms with E-state index < -0.39 is 12.6 Å². The van der Waals surface area contributed by atoms with Crippen LogP contribution in [0.3, 0.4) is 0 Å². The summed E-state index contributed by atoms with van der Waals surface area (Å²) in [6.45, 7) is 2.25. The molecule has 2 aliphatic carbocycles. The molecule has 0 amide bonds. The first-order valence-corrected chi connectivity index (χ1v) is 11.6. The second kappa shape index (κ2) is 10.5. The van der Waals surface area contributed by atoms with Gasteiger partial charge in [0.15, 0.2) is 0 Å². The number of benzene rings is 1. The molecule has 30 heavy (non-hydrogen) atoms. The molecule has 0 bridgehead atoms. The van der Waals surface area contributed by atoms with Crippen molar-refractivity contribution in [2.75, 3.05) is 0 Å². The number of unbranched alkanes of at least 4 members (excludes halogenated alkanes) is 1. The smallest absolute Gasteiger partial charge is 0.171 e. The second-order valence-corrected chi connectivity index (χ2v) is 9.09. The van der Waals surface area contributed by atoms with Crippen molar-refractivity contribution in [3.63, 3.8) is 0 Å². The van der Waals surface area contributed by atoms with Crippen molar-refractivity contribution in [1.29, 1.82) is 0 Å². The molecule has 1 aromatic carbocycles. The van der Waals surface area contributed by atoms with Crippen LogP contribution < -0.4 is 0 Å². The van der Waals surface area contributed by atoms with Crippen molar-refractivity contribution in [2.24, 2.45) is 17.3 Å². The Morgan fingerprint density at radius 1 is 1.07 bits per heavy atom. The van der Waals surface area contributed by atoms with Crippen LogP contribution in [-0.2, 0) is 0 Å². The fourth-order valence-electron chi connectivity index (χ4n) is 5.11. The molecule has 0 radical (unpaired) electrons. The van der Waals surface area contributed by atoms with Gasteiger partial charge in [-0.3, -0.25) is 0 Å². The predicted octanol–water partition coefficient (Wildman–Crippen LogP) is 8.91. The quantitative estimate of drug-likeness (QED) is 0.371. The van der Waals surface area contributed by atoms with Crippen molar-refractivity contribution in [2.45, 2.75) is 77.3 Å². The first-order valence-electron chi connectivity index (χ1n) is 11.6. The largest absolute Gasteiger partial charge is 0.389 e. The molecule has 3 rings (SSSR count). The Morgan fingerprint density at radius 3 is 2.40 bits per heavy atom. The van der Waals surface area contributed by atoms with Gasteiger partial charge in [-0.1, -0.05) is 99.7 Å². The number of allylic oxidation sites excluding steroid dienone is 6. The summed E-state index contributed by atoms with van der Waals surface area (Å²) in [6, 6.07) is 10.3. The number of halogens is 3. The topological polar surface area (TPSA) is 0 Å². The monoisotopic (exact) mass is 416 g/mol. The van der Waals surface area contributed by atoms with Crippen LogP contribution in [0.4, 0.5) is 13.2 Å². The summed E-state index contributed by atoms with van der Waals surface area (Å²) in [7, 11) is 0. The van der Waals surface area contributed by atoms with E-state index in [0.29, 0.717) is 5.92 Å². The number of hydrogen-bond acceptors (Lipinski definition) is 0. The zero-order valence-corrected chi connectivity index (χ0v) is 18.1. The molecule has 0 spiro atoms. The molecule has 1 fully saturated rings. The van der Waals surface area contributed by atoms with Gasteiger partial charge in [0.2, 0.25) is 0 Å². The van der Waals surface area contributed by atoms with E-state index >= 15 is 0 Å². The summed E-state index contributed by atoms with van der Waals surface area (Å²) in [4.78, 5) is 0. The average Bonchev–Trinajstić information content (AvgIpc) is 2.76. The molecule has 0 aromatic heterocycles. The summed E-state index contributed by atoms with van der Waals surface area (Å²) < 4.78 is 37.8. The van der Waals surface area contributed by atoms with Gasteiger partial charge in [0, 0.05) is 11.8 Å². The van der Waals surface area contributed by atoms with Gasteiger partial charge in [-0.05, 0) is 48.7 Å². The Morgan fingerprint density at radius 2 is 1.80 bits per heavy atom. The minimum absolute atomic E-state index is 0.0696. The zero-order chi connectivity index (χ0) is 21.5. The Kier molecular flexibility index (Phi) is 8.02. The van der Waals surface area contributed by atoms with Crippen molar-refractivity contribution in [1.82, 2.24) is 0 Å². The van der Waals surface area contributed by atoms with Gasteiger partial charge >= 0.3 is 6.18 Å². The third-order valence-corrected chi connectivity index (χ3v) is 6.95. The molecule has 1 unspecified atom stereocenters. The lowest BCUT2D eigenvalue weighted by atomic mass is 9.63. The predicted molar refractivity (Wildman–Crippen MR) is 120 cm³/mol. The molecule has 2 aliphatic rings. The van der Waals surface area contributed by atoms with Crippen LogP contribution in [-0.4, -0.2) is 6.18 Å². The molecular weight excluding hydrogens is 381 g/mol. The van der Waals surface area contributed by atoms with Crippen molar-refractivity contribution >= 4 is 5.57 Å². The third-order valence-electron chi connectivity index (χ3n) is 6.95. The summed E-state index contributed by atoms with van der Waals surface area (Å²) in [6.07, 6.45) is 15.5. The maximum absolute atomic E-state index is 12.6. The van der Waals surface area contributed by atoms with Crippen LogP contribution in [0.15, 0.2) is 60.7 Å². The first kappa shape index (κ1) is 22.9. The SMILES string of the molecule is CCCCC1CCC(C2(/C=C/CCC(F)(F)F)C=CC(c3ccccc3)=CC2)CC1. The van der Waals surface area contributed by atoms with Crippen LogP contribution in [0, 0.1) is 17.3 Å². The van der Waals surface area contributed by atoms with E-state index in [2.05, 4.69) is 43.4 Å². The van der Waals surface area contributed by atoms with E-state index in [4.69, 9.17) is 0 Å². The molecule has 0 aliphatic heterocycles. The van der Waals surface area contributed by atoms with Gasteiger partial charge in [-0.15, -0.1) is 0 Å². The normalized spacial score (nSPS) is 27.4. The molecule has 0 saturated heterocycles. The van der Waals surface area contributed by atoms with Gasteiger partial charge < -0.3 is 0 Å². The maximum atomic E-state index is 12.6. The van der Waals surface area contributed by atoms with Gasteiger partial charge in [0.1, 0.15) is 0 Å². The Balaban J connectivity index is 1.71. The van der Waals surface area contributed by atoms with Gasteiger partial charge in [0.25, 0.3) is 0 Å². The van der Waals surface area contributed by atoms with Gasteiger partial charge in [-0.25, -0.2) is 0 Å². The van der Waals surface area contributed by atoms with E-state index in [-0.39, 0.29) is 11.8 Å². The first-order chi connectivity index (χ1) is 14.4. The lowest BCUT2D eigenvalue weighted by Crippen LogP contribution is -2.31. The highest BCUT2D eigenvalue weighted by Gasteiger charge is 2.37. The fourth-order valence-corrected chi connectivity index (χ4v) is 5.11. The zero-order valence-electron chi connectivity index (χ0n) is 18.1. The summed E-state index contributed by atoms with van der Waals surface area (Å²) in [5.41, 5.74) is 2.28. The highest BCUT2D eigenvalue weighted by atomic mass is 19.4. The van der Waals surface area contributed by atoms with Crippen molar-refractivity contribution in [3.8, 4) is 0 Å². The van der Waals surface area contributed by atoms with Crippen molar-refractivity contribution < 1.29 is 13.2 Å². The average molecular weight is 417 g/mol. The Hall–Kier alpha value is -1.77. The maximum Gasteiger partial charge on any atom is 0.389 e. The molecule has 164 valence electrons. The molecule has 1 atom stereocenters. The van der Waals surface area contributed by atoms with E-state index in [0.717, 1.165) is 12.3 Å². The third kappa shape index (κ3) is 6.36. The van der Waals surface area contributed by atoms with Gasteiger partial charge in [-0.2, -0.15) is 13.2 Å². The molecule has 0 heterocycles. The molecule has 0 N–H and O–H groups in total. The van der Waals surface area contributed by atoms with E-state index in [1.54, 1.807) is 6.08 Å². The lowest BCUT2D eigenvalue weighted by Gasteiger charge is -2.42.